The Bertz CT molecular complexity index is 249. The molecule has 2 nitrogen and oxygen atoms in total. The lowest BCUT2D eigenvalue weighted by molar-refractivity contribution is -0.114. The Balaban J connectivity index is 1.88. The molecule has 0 amide bonds. The lowest BCUT2D eigenvalue weighted by Crippen LogP contribution is -2.16. The second kappa shape index (κ2) is 5.45. The number of hydrogen-bond donors (Lipinski definition) is 0. The minimum absolute atomic E-state index is 0.342. The molecule has 0 radical (unpaired) electrons. The monoisotopic (exact) mass is 208 g/mol. The first-order chi connectivity index (χ1) is 7.34. The van der Waals surface area contributed by atoms with E-state index in [4.69, 9.17) is 4.74 Å². The van der Waals surface area contributed by atoms with Crippen molar-refractivity contribution in [1.82, 2.24) is 0 Å². The van der Waals surface area contributed by atoms with Crippen molar-refractivity contribution in [3.05, 3.63) is 11.6 Å². The van der Waals surface area contributed by atoms with Gasteiger partial charge in [0, 0.05) is 19.6 Å². The third-order valence-electron chi connectivity index (χ3n) is 3.43. The van der Waals surface area contributed by atoms with Gasteiger partial charge in [-0.05, 0) is 50.5 Å². The molecule has 2 heteroatoms. The zero-order chi connectivity index (χ0) is 10.5. The third-order valence-corrected chi connectivity index (χ3v) is 3.43. The topological polar surface area (TPSA) is 26.3 Å². The molecule has 15 heavy (non-hydrogen) atoms. The van der Waals surface area contributed by atoms with Gasteiger partial charge in [0.15, 0.2) is 5.78 Å². The van der Waals surface area contributed by atoms with Crippen LogP contribution in [0.3, 0.4) is 0 Å². The molecule has 0 N–H and O–H groups in total. The van der Waals surface area contributed by atoms with Gasteiger partial charge in [-0.15, -0.1) is 0 Å². The van der Waals surface area contributed by atoms with Gasteiger partial charge in [0.2, 0.25) is 0 Å². The molecule has 1 heterocycles. The van der Waals surface area contributed by atoms with Gasteiger partial charge < -0.3 is 4.74 Å². The normalized spacial score (nSPS) is 24.8. The summed E-state index contributed by atoms with van der Waals surface area (Å²) in [5.74, 6) is 1.10. The number of ether oxygens (including phenoxy) is 1. The smallest absolute Gasteiger partial charge is 0.155 e. The largest absolute Gasteiger partial charge is 0.381 e. The van der Waals surface area contributed by atoms with Gasteiger partial charge in [-0.2, -0.15) is 0 Å². The van der Waals surface area contributed by atoms with E-state index < -0.39 is 0 Å². The second-order valence-electron chi connectivity index (χ2n) is 4.74. The van der Waals surface area contributed by atoms with Crippen LogP contribution in [0.25, 0.3) is 0 Å². The zero-order valence-electron chi connectivity index (χ0n) is 9.34. The summed E-state index contributed by atoms with van der Waals surface area (Å²) < 4.78 is 5.35. The number of carbonyl (C=O) groups excluding carboxylic acids is 1. The van der Waals surface area contributed by atoms with E-state index in [0.717, 1.165) is 44.8 Å². The number of allylic oxidation sites excluding steroid dienone is 2. The Morgan fingerprint density at radius 3 is 2.73 bits per heavy atom. The molecule has 0 saturated carbocycles. The summed E-state index contributed by atoms with van der Waals surface area (Å²) in [6.45, 7) is 1.82. The first-order valence-electron chi connectivity index (χ1n) is 6.14. The van der Waals surface area contributed by atoms with Gasteiger partial charge in [0.1, 0.15) is 0 Å². The minimum atomic E-state index is 0.342. The first kappa shape index (κ1) is 10.9. The van der Waals surface area contributed by atoms with Crippen LogP contribution in [0.15, 0.2) is 11.6 Å². The number of ketones is 1. The lowest BCUT2D eigenvalue weighted by Gasteiger charge is -2.22. The molecule has 1 aliphatic heterocycles. The highest BCUT2D eigenvalue weighted by molar-refractivity contribution is 5.90. The van der Waals surface area contributed by atoms with E-state index in [0.29, 0.717) is 5.78 Å². The Hall–Kier alpha value is -0.630. The van der Waals surface area contributed by atoms with Gasteiger partial charge in [0.25, 0.3) is 0 Å². The fraction of sp³-hybridized carbons (Fsp3) is 0.769. The van der Waals surface area contributed by atoms with E-state index >= 15 is 0 Å². The lowest BCUT2D eigenvalue weighted by atomic mass is 9.90. The molecular weight excluding hydrogens is 188 g/mol. The number of hydrogen-bond acceptors (Lipinski definition) is 2. The molecule has 0 aromatic rings. The van der Waals surface area contributed by atoms with Gasteiger partial charge in [-0.3, -0.25) is 4.79 Å². The fourth-order valence-electron chi connectivity index (χ4n) is 2.51. The summed E-state index contributed by atoms with van der Waals surface area (Å²) >= 11 is 0. The van der Waals surface area contributed by atoms with Crippen molar-refractivity contribution in [1.29, 1.82) is 0 Å². The summed E-state index contributed by atoms with van der Waals surface area (Å²) in [6, 6.07) is 0. The molecule has 0 unspecified atom stereocenters. The van der Waals surface area contributed by atoms with Crippen molar-refractivity contribution in [2.45, 2.75) is 44.9 Å². The highest BCUT2D eigenvalue weighted by Gasteiger charge is 2.17. The average Bonchev–Trinajstić information content (AvgIpc) is 2.44. The van der Waals surface area contributed by atoms with E-state index in [1.54, 1.807) is 0 Å². The maximum absolute atomic E-state index is 11.4. The van der Waals surface area contributed by atoms with Crippen molar-refractivity contribution >= 4 is 5.78 Å². The predicted octanol–water partition coefficient (Wildman–Crippen LogP) is 2.87. The predicted molar refractivity (Wildman–Crippen MR) is 59.7 cm³/mol. The molecule has 1 aliphatic carbocycles. The van der Waals surface area contributed by atoms with Crippen LogP contribution in [0, 0.1) is 5.92 Å². The zero-order valence-corrected chi connectivity index (χ0v) is 9.34. The van der Waals surface area contributed by atoms with E-state index in [9.17, 15) is 4.79 Å². The van der Waals surface area contributed by atoms with Crippen molar-refractivity contribution in [2.24, 2.45) is 5.92 Å². The molecule has 0 atom stereocenters. The van der Waals surface area contributed by atoms with Crippen LogP contribution >= 0.6 is 0 Å². The standard InChI is InChI=1S/C13H20O2/c14-13-4-2-1-3-12(10-13)9-11-5-7-15-8-6-11/h10-11H,1-9H2. The van der Waals surface area contributed by atoms with Gasteiger partial charge in [-0.25, -0.2) is 0 Å². The molecule has 0 aromatic heterocycles. The van der Waals surface area contributed by atoms with Gasteiger partial charge in [-0.1, -0.05) is 5.57 Å². The molecule has 2 rings (SSSR count). The second-order valence-corrected chi connectivity index (χ2v) is 4.74. The van der Waals surface area contributed by atoms with Crippen LogP contribution in [0.2, 0.25) is 0 Å². The molecular formula is C13H20O2. The number of rotatable bonds is 2. The maximum Gasteiger partial charge on any atom is 0.155 e. The Labute approximate surface area is 91.7 Å². The van der Waals surface area contributed by atoms with E-state index in [1.165, 1.54) is 24.8 Å². The van der Waals surface area contributed by atoms with Crippen molar-refractivity contribution in [2.75, 3.05) is 13.2 Å². The van der Waals surface area contributed by atoms with Crippen LogP contribution in [-0.2, 0) is 9.53 Å². The van der Waals surface area contributed by atoms with Crippen LogP contribution in [0.5, 0.6) is 0 Å². The fourth-order valence-corrected chi connectivity index (χ4v) is 2.51. The molecule has 0 bridgehead atoms. The Morgan fingerprint density at radius 2 is 1.93 bits per heavy atom. The van der Waals surface area contributed by atoms with E-state index in [2.05, 4.69) is 0 Å². The van der Waals surface area contributed by atoms with Crippen molar-refractivity contribution in [3.8, 4) is 0 Å². The van der Waals surface area contributed by atoms with E-state index in [1.807, 2.05) is 6.08 Å². The van der Waals surface area contributed by atoms with Gasteiger partial charge in [0.05, 0.1) is 0 Å². The summed E-state index contributed by atoms with van der Waals surface area (Å²) in [7, 11) is 0. The molecule has 1 saturated heterocycles. The average molecular weight is 208 g/mol. The Morgan fingerprint density at radius 1 is 1.20 bits per heavy atom. The highest BCUT2D eigenvalue weighted by atomic mass is 16.5. The summed E-state index contributed by atoms with van der Waals surface area (Å²) in [5.41, 5.74) is 1.39. The molecule has 1 fully saturated rings. The molecule has 0 aromatic carbocycles. The van der Waals surface area contributed by atoms with Crippen LogP contribution in [0.1, 0.15) is 44.9 Å². The van der Waals surface area contributed by atoms with Gasteiger partial charge >= 0.3 is 0 Å². The van der Waals surface area contributed by atoms with Crippen molar-refractivity contribution in [3.63, 3.8) is 0 Å². The van der Waals surface area contributed by atoms with Crippen LogP contribution < -0.4 is 0 Å². The highest BCUT2D eigenvalue weighted by Crippen LogP contribution is 2.27. The number of carbonyl (C=O) groups is 1. The SMILES string of the molecule is O=C1C=C(CC2CCOCC2)CCCC1. The summed E-state index contributed by atoms with van der Waals surface area (Å²) in [6.07, 6.45) is 9.57. The molecule has 84 valence electrons. The van der Waals surface area contributed by atoms with Crippen LogP contribution in [0.4, 0.5) is 0 Å². The summed E-state index contributed by atoms with van der Waals surface area (Å²) in [4.78, 5) is 11.4. The third kappa shape index (κ3) is 3.45. The molecule has 0 spiro atoms. The van der Waals surface area contributed by atoms with Crippen molar-refractivity contribution < 1.29 is 9.53 Å². The van der Waals surface area contributed by atoms with Crippen LogP contribution in [-0.4, -0.2) is 19.0 Å². The maximum atomic E-state index is 11.4. The first-order valence-corrected chi connectivity index (χ1v) is 6.14. The summed E-state index contributed by atoms with van der Waals surface area (Å²) in [5, 5.41) is 0. The minimum Gasteiger partial charge on any atom is -0.381 e. The molecule has 2 aliphatic rings. The van der Waals surface area contributed by atoms with E-state index in [-0.39, 0.29) is 0 Å². The Kier molecular flexibility index (Phi) is 3.95. The quantitative estimate of drug-likeness (QED) is 0.697.